The minimum Gasteiger partial charge on any atom is -0.258 e. The van der Waals surface area contributed by atoms with Crippen LogP contribution in [-0.4, -0.2) is 41.3 Å². The molecule has 1 N–H and O–H groups in total. The lowest BCUT2D eigenvalue weighted by molar-refractivity contribution is 0.137. The van der Waals surface area contributed by atoms with E-state index < -0.39 is 0 Å². The van der Waals surface area contributed by atoms with Gasteiger partial charge >= 0.3 is 0 Å². The summed E-state index contributed by atoms with van der Waals surface area (Å²) in [6.45, 7) is 2.35. The van der Waals surface area contributed by atoms with E-state index in [0.717, 1.165) is 6.04 Å². The molecule has 0 radical (unpaired) electrons. The number of nitrogens with zero attached hydrogens (tertiary/aromatic N) is 2. The van der Waals surface area contributed by atoms with Crippen LogP contribution in [0.2, 0.25) is 0 Å². The molecule has 1 aliphatic rings. The molecule has 3 nitrogen and oxygen atoms in total. The molecule has 4 heteroatoms. The number of hydrogen-bond donors (Lipinski definition) is 1. The zero-order valence-electron chi connectivity index (χ0n) is 7.18. The second-order valence-electron chi connectivity index (χ2n) is 2.97. The third-order valence-corrected chi connectivity index (χ3v) is 3.07. The molecule has 0 aliphatic carbocycles. The Kier molecular flexibility index (Phi) is 4.05. The van der Waals surface area contributed by atoms with E-state index in [1.54, 1.807) is 0 Å². The van der Waals surface area contributed by atoms with Gasteiger partial charge in [0.2, 0.25) is 0 Å². The summed E-state index contributed by atoms with van der Waals surface area (Å²) < 4.78 is 2.30. The highest BCUT2D eigenvalue weighted by Crippen LogP contribution is 2.16. The quantitative estimate of drug-likeness (QED) is 0.592. The Morgan fingerprint density at radius 1 is 1.45 bits per heavy atom. The summed E-state index contributed by atoms with van der Waals surface area (Å²) in [5.41, 5.74) is 3.18. The summed E-state index contributed by atoms with van der Waals surface area (Å²) in [5, 5.41) is 2.27. The third-order valence-electron chi connectivity index (χ3n) is 2.28. The maximum atomic E-state index is 3.18. The summed E-state index contributed by atoms with van der Waals surface area (Å²) in [5.74, 6) is 0. The highest BCUT2D eigenvalue weighted by molar-refractivity contribution is 14.1. The van der Waals surface area contributed by atoms with Gasteiger partial charge in [-0.05, 0) is 26.9 Å². The molecular formula is C7H16IN3. The van der Waals surface area contributed by atoms with Crippen molar-refractivity contribution in [2.75, 3.05) is 27.2 Å². The van der Waals surface area contributed by atoms with E-state index in [9.17, 15) is 0 Å². The monoisotopic (exact) mass is 269 g/mol. The molecule has 66 valence electrons. The third kappa shape index (κ3) is 2.85. The minimum absolute atomic E-state index is 0.778. The van der Waals surface area contributed by atoms with Gasteiger partial charge in [-0.25, -0.2) is 8.12 Å². The molecular weight excluding hydrogens is 253 g/mol. The molecule has 0 aromatic rings. The average Bonchev–Trinajstić information content (AvgIpc) is 2.05. The van der Waals surface area contributed by atoms with E-state index in [-0.39, 0.29) is 0 Å². The number of halogens is 1. The van der Waals surface area contributed by atoms with Crippen molar-refractivity contribution in [2.24, 2.45) is 0 Å². The van der Waals surface area contributed by atoms with E-state index >= 15 is 0 Å². The Balaban J connectivity index is 2.24. The van der Waals surface area contributed by atoms with Crippen LogP contribution in [0.15, 0.2) is 0 Å². The maximum absolute atomic E-state index is 3.18. The van der Waals surface area contributed by atoms with E-state index in [1.807, 2.05) is 7.05 Å². The molecule has 1 fully saturated rings. The minimum atomic E-state index is 0.778. The predicted octanol–water partition coefficient (Wildman–Crippen LogP) is 0.867. The van der Waals surface area contributed by atoms with Crippen LogP contribution in [0, 0.1) is 0 Å². The molecule has 0 aromatic heterocycles. The van der Waals surface area contributed by atoms with Crippen LogP contribution in [-0.2, 0) is 0 Å². The van der Waals surface area contributed by atoms with Crippen molar-refractivity contribution in [3.63, 3.8) is 0 Å². The van der Waals surface area contributed by atoms with Crippen LogP contribution in [0.25, 0.3) is 0 Å². The van der Waals surface area contributed by atoms with Gasteiger partial charge < -0.3 is 0 Å². The van der Waals surface area contributed by atoms with Crippen LogP contribution < -0.4 is 5.43 Å². The topological polar surface area (TPSA) is 18.5 Å². The van der Waals surface area contributed by atoms with Gasteiger partial charge in [0.1, 0.15) is 0 Å². The second kappa shape index (κ2) is 4.59. The van der Waals surface area contributed by atoms with Gasteiger partial charge in [0.25, 0.3) is 0 Å². The Bertz CT molecular complexity index is 110. The molecule has 0 spiro atoms. The Morgan fingerprint density at radius 3 is 2.36 bits per heavy atom. The zero-order valence-corrected chi connectivity index (χ0v) is 9.34. The lowest BCUT2D eigenvalue weighted by atomic mass is 10.1. The number of piperidine rings is 1. The number of hydrazine groups is 1. The molecule has 0 saturated carbocycles. The first-order valence-corrected chi connectivity index (χ1v) is 5.01. The van der Waals surface area contributed by atoms with Gasteiger partial charge in [-0.2, -0.15) is 0 Å². The summed E-state index contributed by atoms with van der Waals surface area (Å²) in [7, 11) is 4.15. The number of rotatable bonds is 2. The average molecular weight is 269 g/mol. The van der Waals surface area contributed by atoms with Crippen molar-refractivity contribution in [1.29, 1.82) is 0 Å². The normalized spacial score (nSPS) is 22.9. The molecule has 1 rings (SSSR count). The molecule has 1 saturated heterocycles. The van der Waals surface area contributed by atoms with Gasteiger partial charge in [0.05, 0.1) is 0 Å². The van der Waals surface area contributed by atoms with E-state index in [0.29, 0.717) is 0 Å². The van der Waals surface area contributed by atoms with E-state index in [4.69, 9.17) is 0 Å². The van der Waals surface area contributed by atoms with Gasteiger partial charge in [0.15, 0.2) is 0 Å². The summed E-state index contributed by atoms with van der Waals surface area (Å²) >= 11 is 2.38. The molecule has 11 heavy (non-hydrogen) atoms. The van der Waals surface area contributed by atoms with Gasteiger partial charge in [-0.3, -0.25) is 5.43 Å². The molecule has 0 aromatic carbocycles. The van der Waals surface area contributed by atoms with Crippen LogP contribution >= 0.6 is 22.9 Å². The molecule has 0 atom stereocenters. The SMILES string of the molecule is CNN1CCC(N(C)I)CC1. The first-order valence-electron chi connectivity index (χ1n) is 4.05. The Hall–Kier alpha value is 0.610. The highest BCUT2D eigenvalue weighted by atomic mass is 127. The standard InChI is InChI=1S/C7H16IN3/c1-9-11-5-3-7(4-6-11)10(2)8/h7,9H,3-6H2,1-2H3. The fraction of sp³-hybridized carbons (Fsp3) is 1.00. The fourth-order valence-electron chi connectivity index (χ4n) is 1.45. The first kappa shape index (κ1) is 9.70. The van der Waals surface area contributed by atoms with Crippen LogP contribution in [0.3, 0.4) is 0 Å². The molecule has 0 unspecified atom stereocenters. The number of hydrogen-bond acceptors (Lipinski definition) is 3. The Morgan fingerprint density at radius 2 is 2.00 bits per heavy atom. The van der Waals surface area contributed by atoms with Gasteiger partial charge in [-0.1, -0.05) is 0 Å². The highest BCUT2D eigenvalue weighted by Gasteiger charge is 2.19. The lowest BCUT2D eigenvalue weighted by Crippen LogP contribution is -2.45. The molecule has 1 heterocycles. The number of nitrogens with one attached hydrogen (secondary N) is 1. The van der Waals surface area contributed by atoms with Crippen molar-refractivity contribution in [3.05, 3.63) is 0 Å². The van der Waals surface area contributed by atoms with Crippen molar-refractivity contribution in [3.8, 4) is 0 Å². The van der Waals surface area contributed by atoms with Gasteiger partial charge in [0, 0.05) is 42.0 Å². The van der Waals surface area contributed by atoms with E-state index in [1.165, 1.54) is 25.9 Å². The first-order chi connectivity index (χ1) is 5.24. The molecule has 1 aliphatic heterocycles. The maximum Gasteiger partial charge on any atom is 0.0216 e. The van der Waals surface area contributed by atoms with Crippen molar-refractivity contribution >= 4 is 22.9 Å². The smallest absolute Gasteiger partial charge is 0.0216 e. The summed E-state index contributed by atoms with van der Waals surface area (Å²) in [6.07, 6.45) is 2.56. The van der Waals surface area contributed by atoms with Crippen molar-refractivity contribution in [1.82, 2.24) is 13.5 Å². The summed E-state index contributed by atoms with van der Waals surface area (Å²) in [6, 6.07) is 0.778. The van der Waals surface area contributed by atoms with E-state index in [2.05, 4.69) is 43.5 Å². The van der Waals surface area contributed by atoms with Crippen molar-refractivity contribution < 1.29 is 0 Å². The second-order valence-corrected chi connectivity index (χ2v) is 4.49. The largest absolute Gasteiger partial charge is 0.258 e. The Labute approximate surface area is 82.6 Å². The van der Waals surface area contributed by atoms with Crippen LogP contribution in [0.1, 0.15) is 12.8 Å². The van der Waals surface area contributed by atoms with Crippen LogP contribution in [0.4, 0.5) is 0 Å². The van der Waals surface area contributed by atoms with Gasteiger partial charge in [-0.15, -0.1) is 0 Å². The molecule has 0 amide bonds. The zero-order chi connectivity index (χ0) is 8.27. The summed E-state index contributed by atoms with van der Waals surface area (Å²) in [4.78, 5) is 0. The van der Waals surface area contributed by atoms with Crippen LogP contribution in [0.5, 0.6) is 0 Å². The lowest BCUT2D eigenvalue weighted by Gasteiger charge is -2.33. The van der Waals surface area contributed by atoms with Crippen molar-refractivity contribution in [2.45, 2.75) is 18.9 Å². The fourth-order valence-corrected chi connectivity index (χ4v) is 2.00. The predicted molar refractivity (Wildman–Crippen MR) is 55.4 cm³/mol. The molecule has 0 bridgehead atoms.